The highest BCUT2D eigenvalue weighted by atomic mass is 16.5. The van der Waals surface area contributed by atoms with Gasteiger partial charge in [0.1, 0.15) is 11.3 Å². The molecule has 6 heteroatoms. The summed E-state index contributed by atoms with van der Waals surface area (Å²) in [5, 5.41) is 3.87. The second-order valence-corrected chi connectivity index (χ2v) is 8.67. The van der Waals surface area contributed by atoms with E-state index in [0.717, 1.165) is 16.5 Å². The van der Waals surface area contributed by atoms with Crippen molar-refractivity contribution in [3.8, 4) is 5.75 Å². The van der Waals surface area contributed by atoms with E-state index in [1.165, 1.54) is 51.3 Å². The first-order valence-corrected chi connectivity index (χ1v) is 11.3. The van der Waals surface area contributed by atoms with Gasteiger partial charge < -0.3 is 19.4 Å². The van der Waals surface area contributed by atoms with E-state index in [9.17, 15) is 9.59 Å². The first-order chi connectivity index (χ1) is 14.5. The number of piperidine rings is 2. The highest BCUT2D eigenvalue weighted by Gasteiger charge is 2.32. The van der Waals surface area contributed by atoms with Crippen LogP contribution in [0.25, 0.3) is 11.0 Å². The topological polar surface area (TPSA) is 71.8 Å². The molecule has 1 aromatic carbocycles. The lowest BCUT2D eigenvalue weighted by Crippen LogP contribution is -2.51. The number of ether oxygens (including phenoxy) is 1. The normalized spacial score (nSPS) is 21.9. The van der Waals surface area contributed by atoms with Gasteiger partial charge in [-0.15, -0.1) is 0 Å². The number of hydrogen-bond acceptors (Lipinski definition) is 5. The number of hydrogen-bond donors (Lipinski definition) is 1. The van der Waals surface area contributed by atoms with E-state index in [1.54, 1.807) is 0 Å². The first kappa shape index (κ1) is 20.9. The number of carbonyl (C=O) groups excluding carboxylic acids is 1. The molecule has 0 aliphatic carbocycles. The lowest BCUT2D eigenvalue weighted by atomic mass is 9.83. The van der Waals surface area contributed by atoms with Gasteiger partial charge in [0.15, 0.2) is 6.61 Å². The molecule has 4 rings (SSSR count). The molecule has 162 valence electrons. The molecule has 2 aliphatic rings. The van der Waals surface area contributed by atoms with Gasteiger partial charge >= 0.3 is 5.63 Å². The zero-order valence-corrected chi connectivity index (χ0v) is 18.0. The van der Waals surface area contributed by atoms with Crippen molar-refractivity contribution in [3.63, 3.8) is 0 Å². The van der Waals surface area contributed by atoms with E-state index in [1.807, 2.05) is 26.0 Å². The molecule has 2 aliphatic heterocycles. The van der Waals surface area contributed by atoms with Crippen molar-refractivity contribution in [2.45, 2.75) is 58.4 Å². The second kappa shape index (κ2) is 9.21. The molecule has 0 bridgehead atoms. The van der Waals surface area contributed by atoms with Crippen LogP contribution in [0, 0.1) is 12.8 Å². The van der Waals surface area contributed by atoms with Crippen LogP contribution in [0.5, 0.6) is 5.75 Å². The van der Waals surface area contributed by atoms with Crippen molar-refractivity contribution in [1.82, 2.24) is 10.2 Å². The summed E-state index contributed by atoms with van der Waals surface area (Å²) in [5.41, 5.74) is 1.94. The number of benzene rings is 1. The van der Waals surface area contributed by atoms with E-state index in [2.05, 4.69) is 10.2 Å². The molecule has 6 nitrogen and oxygen atoms in total. The van der Waals surface area contributed by atoms with E-state index in [4.69, 9.17) is 9.15 Å². The standard InChI is InChI=1S/C24H32N2O4/c1-3-17-13-23(28)30-21-12-16(2)11-20(24(17)21)29-15-22(27)25-14-18-7-6-10-26-9-5-4-8-19(18)26/h11-13,18-19H,3-10,14-15H2,1-2H3,(H,25,27)/t18-,19-/m1/s1. The van der Waals surface area contributed by atoms with Crippen LogP contribution in [0.1, 0.15) is 50.2 Å². The maximum Gasteiger partial charge on any atom is 0.336 e. The Morgan fingerprint density at radius 3 is 2.87 bits per heavy atom. The zero-order valence-electron chi connectivity index (χ0n) is 18.0. The lowest BCUT2D eigenvalue weighted by molar-refractivity contribution is -0.123. The summed E-state index contributed by atoms with van der Waals surface area (Å²) in [6, 6.07) is 5.85. The maximum absolute atomic E-state index is 12.5. The minimum atomic E-state index is -0.363. The molecule has 2 atom stereocenters. The number of nitrogens with one attached hydrogen (secondary N) is 1. The van der Waals surface area contributed by atoms with Crippen LogP contribution >= 0.6 is 0 Å². The fourth-order valence-corrected chi connectivity index (χ4v) is 5.12. The number of fused-ring (bicyclic) bond motifs is 2. The molecule has 0 radical (unpaired) electrons. The van der Waals surface area contributed by atoms with Crippen molar-refractivity contribution in [3.05, 3.63) is 39.7 Å². The molecular formula is C24H32N2O4. The minimum absolute atomic E-state index is 0.0397. The van der Waals surface area contributed by atoms with Crippen LogP contribution in [0.4, 0.5) is 0 Å². The van der Waals surface area contributed by atoms with E-state index < -0.39 is 0 Å². The Labute approximate surface area is 177 Å². The van der Waals surface area contributed by atoms with Crippen molar-refractivity contribution in [1.29, 1.82) is 0 Å². The Kier molecular flexibility index (Phi) is 6.42. The number of carbonyl (C=O) groups is 1. The predicted octanol–water partition coefficient (Wildman–Crippen LogP) is 3.42. The van der Waals surface area contributed by atoms with Crippen molar-refractivity contribution in [2.24, 2.45) is 5.92 Å². The van der Waals surface area contributed by atoms with Gasteiger partial charge in [-0.25, -0.2) is 4.79 Å². The Bertz CT molecular complexity index is 966. The monoisotopic (exact) mass is 412 g/mol. The van der Waals surface area contributed by atoms with Gasteiger partial charge in [-0.3, -0.25) is 4.79 Å². The third-order valence-electron chi connectivity index (χ3n) is 6.56. The maximum atomic E-state index is 12.5. The molecule has 30 heavy (non-hydrogen) atoms. The summed E-state index contributed by atoms with van der Waals surface area (Å²) in [6.45, 7) is 6.99. The summed E-state index contributed by atoms with van der Waals surface area (Å²) in [6.07, 6.45) is 6.93. The quantitative estimate of drug-likeness (QED) is 0.736. The van der Waals surface area contributed by atoms with E-state index in [0.29, 0.717) is 36.3 Å². The third kappa shape index (κ3) is 4.53. The van der Waals surface area contributed by atoms with Crippen LogP contribution in [0.15, 0.2) is 27.4 Å². The Balaban J connectivity index is 1.40. The van der Waals surface area contributed by atoms with E-state index in [-0.39, 0.29) is 18.1 Å². The highest BCUT2D eigenvalue weighted by molar-refractivity contribution is 5.88. The van der Waals surface area contributed by atoms with Gasteiger partial charge in [-0.05, 0) is 81.3 Å². The van der Waals surface area contributed by atoms with Crippen LogP contribution in [0.2, 0.25) is 0 Å². The summed E-state index contributed by atoms with van der Waals surface area (Å²) in [7, 11) is 0. The first-order valence-electron chi connectivity index (χ1n) is 11.3. The van der Waals surface area contributed by atoms with Gasteiger partial charge in [0, 0.05) is 18.7 Å². The van der Waals surface area contributed by atoms with Crippen LogP contribution < -0.4 is 15.7 Å². The van der Waals surface area contributed by atoms with Gasteiger partial charge in [0.2, 0.25) is 0 Å². The van der Waals surface area contributed by atoms with Crippen LogP contribution in [0.3, 0.4) is 0 Å². The average molecular weight is 413 g/mol. The number of aryl methyl sites for hydroxylation is 2. The summed E-state index contributed by atoms with van der Waals surface area (Å²) >= 11 is 0. The van der Waals surface area contributed by atoms with E-state index >= 15 is 0 Å². The van der Waals surface area contributed by atoms with Crippen LogP contribution in [-0.2, 0) is 11.2 Å². The van der Waals surface area contributed by atoms with Gasteiger partial charge in [-0.2, -0.15) is 0 Å². The summed E-state index contributed by atoms with van der Waals surface area (Å²) < 4.78 is 11.3. The van der Waals surface area contributed by atoms with Crippen molar-refractivity contribution in [2.75, 3.05) is 26.2 Å². The van der Waals surface area contributed by atoms with Gasteiger partial charge in [-0.1, -0.05) is 13.3 Å². The summed E-state index contributed by atoms with van der Waals surface area (Å²) in [5.74, 6) is 1.02. The molecule has 2 aromatic rings. The molecule has 1 aromatic heterocycles. The van der Waals surface area contributed by atoms with Crippen LogP contribution in [-0.4, -0.2) is 43.1 Å². The number of amides is 1. The smallest absolute Gasteiger partial charge is 0.336 e. The molecule has 2 saturated heterocycles. The molecule has 2 fully saturated rings. The fourth-order valence-electron chi connectivity index (χ4n) is 5.12. The second-order valence-electron chi connectivity index (χ2n) is 8.67. The zero-order chi connectivity index (χ0) is 21.1. The third-order valence-corrected chi connectivity index (χ3v) is 6.56. The number of rotatable bonds is 6. The van der Waals surface area contributed by atoms with Crippen molar-refractivity contribution < 1.29 is 13.9 Å². The Morgan fingerprint density at radius 2 is 2.03 bits per heavy atom. The molecule has 0 spiro atoms. The molecule has 0 unspecified atom stereocenters. The van der Waals surface area contributed by atoms with Crippen molar-refractivity contribution >= 4 is 16.9 Å². The highest BCUT2D eigenvalue weighted by Crippen LogP contribution is 2.31. The molecular weight excluding hydrogens is 380 g/mol. The lowest BCUT2D eigenvalue weighted by Gasteiger charge is -2.44. The molecule has 1 amide bonds. The van der Waals surface area contributed by atoms with Gasteiger partial charge in [0.05, 0.1) is 5.39 Å². The molecule has 1 N–H and O–H groups in total. The number of nitrogens with zero attached hydrogens (tertiary/aromatic N) is 1. The fraction of sp³-hybridized carbons (Fsp3) is 0.583. The minimum Gasteiger partial charge on any atom is -0.483 e. The Morgan fingerprint density at radius 1 is 1.20 bits per heavy atom. The average Bonchev–Trinajstić information content (AvgIpc) is 2.74. The Hall–Kier alpha value is -2.34. The molecule has 3 heterocycles. The molecule has 0 saturated carbocycles. The SMILES string of the molecule is CCc1cc(=O)oc2cc(C)cc(OCC(=O)NC[C@H]3CCCN4CCCC[C@H]34)c12. The predicted molar refractivity (Wildman–Crippen MR) is 117 cm³/mol. The summed E-state index contributed by atoms with van der Waals surface area (Å²) in [4.78, 5) is 26.9. The largest absolute Gasteiger partial charge is 0.483 e. The van der Waals surface area contributed by atoms with Gasteiger partial charge in [0.25, 0.3) is 5.91 Å².